The van der Waals surface area contributed by atoms with Gasteiger partial charge in [-0.3, -0.25) is 10.4 Å². The Kier molecular flexibility index (Phi) is 5.26. The maximum absolute atomic E-state index is 6.14. The molecule has 2 N–H and O–H groups in total. The van der Waals surface area contributed by atoms with Gasteiger partial charge in [-0.2, -0.15) is 0 Å². The lowest BCUT2D eigenvalue weighted by atomic mass is 10.2. The van der Waals surface area contributed by atoms with Crippen LogP contribution in [0.25, 0.3) is 10.7 Å². The van der Waals surface area contributed by atoms with Gasteiger partial charge in [0.1, 0.15) is 6.23 Å². The number of anilines is 1. The van der Waals surface area contributed by atoms with E-state index in [0.29, 0.717) is 0 Å². The van der Waals surface area contributed by atoms with Crippen molar-refractivity contribution in [3.05, 3.63) is 47.3 Å². The van der Waals surface area contributed by atoms with E-state index in [2.05, 4.69) is 49.7 Å². The number of thiophene rings is 1. The van der Waals surface area contributed by atoms with Crippen LogP contribution in [0.2, 0.25) is 0 Å². The minimum atomic E-state index is -0.0503. The predicted octanol–water partition coefficient (Wildman–Crippen LogP) is 3.38. The molecule has 0 unspecified atom stereocenters. The molecule has 1 aliphatic heterocycles. The molecule has 6 nitrogen and oxygen atoms in total. The van der Waals surface area contributed by atoms with E-state index in [9.17, 15) is 0 Å². The van der Waals surface area contributed by atoms with Crippen molar-refractivity contribution in [1.29, 1.82) is 0 Å². The quantitative estimate of drug-likeness (QED) is 0.632. The first-order valence-corrected chi connectivity index (χ1v) is 10.3. The molecule has 4 rings (SSSR count). The van der Waals surface area contributed by atoms with E-state index < -0.39 is 0 Å². The Balaban J connectivity index is 1.30. The van der Waals surface area contributed by atoms with Crippen LogP contribution in [0.3, 0.4) is 0 Å². The standard InChI is InChI=1S/C18H21N5OS2/c1-23(2)13-7-5-12(6-8-13)17-19-10-14(24-17)11-26-18-20-16(21-22-18)15-4-3-9-25-15/h3-9,14,17,19H,10-11H2,1-2H3,(H,20,21,22)/t14-,17-/m0/s1. The van der Waals surface area contributed by atoms with Crippen LogP contribution in [0.15, 0.2) is 46.9 Å². The number of nitrogens with zero attached hydrogens (tertiary/aromatic N) is 3. The van der Waals surface area contributed by atoms with Crippen molar-refractivity contribution < 1.29 is 4.74 Å². The number of ether oxygens (including phenoxy) is 1. The molecule has 0 aliphatic carbocycles. The van der Waals surface area contributed by atoms with Crippen molar-refractivity contribution in [2.24, 2.45) is 0 Å². The number of H-pyrrole nitrogens is 1. The van der Waals surface area contributed by atoms with Gasteiger partial charge < -0.3 is 9.64 Å². The third-order valence-electron chi connectivity index (χ3n) is 4.19. The molecule has 1 aromatic carbocycles. The van der Waals surface area contributed by atoms with E-state index in [1.165, 1.54) is 5.69 Å². The summed E-state index contributed by atoms with van der Waals surface area (Å²) in [7, 11) is 4.08. The summed E-state index contributed by atoms with van der Waals surface area (Å²) in [5.74, 6) is 1.65. The lowest BCUT2D eigenvalue weighted by Crippen LogP contribution is -2.17. The fraction of sp³-hybridized carbons (Fsp3) is 0.333. The largest absolute Gasteiger partial charge is 0.378 e. The smallest absolute Gasteiger partial charge is 0.208 e. The highest BCUT2D eigenvalue weighted by molar-refractivity contribution is 7.99. The fourth-order valence-corrected chi connectivity index (χ4v) is 4.23. The molecule has 2 atom stereocenters. The van der Waals surface area contributed by atoms with Gasteiger partial charge in [-0.25, -0.2) is 4.98 Å². The fourth-order valence-electron chi connectivity index (χ4n) is 2.77. The van der Waals surface area contributed by atoms with E-state index in [1.54, 1.807) is 23.1 Å². The number of aromatic nitrogens is 3. The Labute approximate surface area is 161 Å². The molecule has 1 aliphatic rings. The van der Waals surface area contributed by atoms with Gasteiger partial charge in [0.25, 0.3) is 0 Å². The molecule has 0 spiro atoms. The van der Waals surface area contributed by atoms with Crippen LogP contribution in [0.4, 0.5) is 5.69 Å². The molecule has 3 aromatic rings. The van der Waals surface area contributed by atoms with Crippen LogP contribution < -0.4 is 10.2 Å². The second-order valence-electron chi connectivity index (χ2n) is 6.29. The highest BCUT2D eigenvalue weighted by Gasteiger charge is 2.26. The first-order valence-electron chi connectivity index (χ1n) is 8.44. The number of aromatic amines is 1. The van der Waals surface area contributed by atoms with Crippen LogP contribution in [-0.2, 0) is 4.74 Å². The molecule has 8 heteroatoms. The molecule has 26 heavy (non-hydrogen) atoms. The van der Waals surface area contributed by atoms with Crippen molar-refractivity contribution in [2.75, 3.05) is 31.3 Å². The molecular weight excluding hydrogens is 366 g/mol. The molecular formula is C18H21N5OS2. The van der Waals surface area contributed by atoms with Gasteiger partial charge in [-0.1, -0.05) is 30.0 Å². The van der Waals surface area contributed by atoms with Gasteiger partial charge >= 0.3 is 0 Å². The topological polar surface area (TPSA) is 66.1 Å². The lowest BCUT2D eigenvalue weighted by Gasteiger charge is -2.16. The minimum Gasteiger partial charge on any atom is -0.378 e. The number of hydrogen-bond donors (Lipinski definition) is 2. The average molecular weight is 388 g/mol. The normalized spacial score (nSPS) is 19.8. The third-order valence-corrected chi connectivity index (χ3v) is 6.05. The lowest BCUT2D eigenvalue weighted by molar-refractivity contribution is 0.0534. The van der Waals surface area contributed by atoms with E-state index >= 15 is 0 Å². The van der Waals surface area contributed by atoms with Gasteiger partial charge in [0, 0.05) is 32.1 Å². The Hall–Kier alpha value is -1.87. The van der Waals surface area contributed by atoms with Gasteiger partial charge in [0.15, 0.2) is 5.82 Å². The monoisotopic (exact) mass is 387 g/mol. The summed E-state index contributed by atoms with van der Waals surface area (Å²) >= 11 is 3.27. The van der Waals surface area contributed by atoms with Crippen LogP contribution in [0.1, 0.15) is 11.8 Å². The van der Waals surface area contributed by atoms with Crippen LogP contribution in [0.5, 0.6) is 0 Å². The molecule has 2 aromatic heterocycles. The van der Waals surface area contributed by atoms with Gasteiger partial charge in [-0.05, 0) is 29.1 Å². The number of hydrogen-bond acceptors (Lipinski definition) is 7. The van der Waals surface area contributed by atoms with Crippen LogP contribution >= 0.6 is 23.1 Å². The summed E-state index contributed by atoms with van der Waals surface area (Å²) in [6.07, 6.45) is 0.0906. The van der Waals surface area contributed by atoms with Crippen LogP contribution in [-0.4, -0.2) is 47.7 Å². The summed E-state index contributed by atoms with van der Waals surface area (Å²) in [5.41, 5.74) is 2.34. The molecule has 136 valence electrons. The van der Waals surface area contributed by atoms with Crippen molar-refractivity contribution in [3.63, 3.8) is 0 Å². The number of thioether (sulfide) groups is 1. The SMILES string of the molecule is CN(C)c1ccc([C@H]2NC[C@@H](CSc3n[nH]c(-c4cccs4)n3)O2)cc1. The maximum atomic E-state index is 6.14. The summed E-state index contributed by atoms with van der Waals surface area (Å²) in [6, 6.07) is 12.5. The molecule has 0 bridgehead atoms. The summed E-state index contributed by atoms with van der Waals surface area (Å²) in [4.78, 5) is 7.74. The molecule has 0 saturated carbocycles. The minimum absolute atomic E-state index is 0.0503. The van der Waals surface area contributed by atoms with E-state index in [4.69, 9.17) is 4.74 Å². The third kappa shape index (κ3) is 3.93. The zero-order valence-corrected chi connectivity index (χ0v) is 16.3. The van der Waals surface area contributed by atoms with Crippen LogP contribution in [0, 0.1) is 0 Å². The van der Waals surface area contributed by atoms with Crippen molar-refractivity contribution >= 4 is 28.8 Å². The zero-order chi connectivity index (χ0) is 17.9. The maximum Gasteiger partial charge on any atom is 0.208 e. The Bertz CT molecular complexity index is 832. The number of rotatable bonds is 6. The summed E-state index contributed by atoms with van der Waals surface area (Å²) < 4.78 is 6.14. The second kappa shape index (κ2) is 7.79. The molecule has 0 radical (unpaired) electrons. The van der Waals surface area contributed by atoms with Gasteiger partial charge in [0.05, 0.1) is 11.0 Å². The molecule has 3 heterocycles. The Morgan fingerprint density at radius 1 is 1.27 bits per heavy atom. The highest BCUT2D eigenvalue weighted by Crippen LogP contribution is 2.27. The van der Waals surface area contributed by atoms with E-state index in [1.807, 2.05) is 31.6 Å². The molecule has 0 amide bonds. The average Bonchev–Trinajstić information content (AvgIpc) is 3.40. The van der Waals surface area contributed by atoms with Gasteiger partial charge in [-0.15, -0.1) is 16.4 Å². The van der Waals surface area contributed by atoms with Crippen molar-refractivity contribution in [3.8, 4) is 10.7 Å². The van der Waals surface area contributed by atoms with E-state index in [0.717, 1.165) is 33.7 Å². The Morgan fingerprint density at radius 3 is 2.85 bits per heavy atom. The van der Waals surface area contributed by atoms with Gasteiger partial charge in [0.2, 0.25) is 5.16 Å². The number of nitrogens with one attached hydrogen (secondary N) is 2. The van der Waals surface area contributed by atoms with Crippen molar-refractivity contribution in [2.45, 2.75) is 17.5 Å². The number of benzene rings is 1. The zero-order valence-electron chi connectivity index (χ0n) is 14.7. The van der Waals surface area contributed by atoms with E-state index in [-0.39, 0.29) is 12.3 Å². The summed E-state index contributed by atoms with van der Waals surface area (Å²) in [6.45, 7) is 0.829. The van der Waals surface area contributed by atoms with Crippen molar-refractivity contribution in [1.82, 2.24) is 20.5 Å². The Morgan fingerprint density at radius 2 is 2.12 bits per heavy atom. The predicted molar refractivity (Wildman–Crippen MR) is 107 cm³/mol. The summed E-state index contributed by atoms with van der Waals surface area (Å²) in [5, 5.41) is 13.5. The molecule has 1 saturated heterocycles. The highest BCUT2D eigenvalue weighted by atomic mass is 32.2. The molecule has 1 fully saturated rings. The first-order chi connectivity index (χ1) is 12.7. The second-order valence-corrected chi connectivity index (χ2v) is 8.22. The first kappa shape index (κ1) is 17.5.